The molecule has 0 saturated heterocycles. The molecule has 0 atom stereocenters. The quantitative estimate of drug-likeness (QED) is 0.0436. The molecule has 0 radical (unpaired) electrons. The molecule has 1 aromatic carbocycles. The molecule has 1 N–H and O–H groups in total. The number of nitrogens with one attached hydrogen (secondary N) is 1. The fraction of sp³-hybridized carbons (Fsp3) is 0.774. The number of benzene rings is 1. The largest absolute Gasteiger partial charge is 0.467 e. The molecule has 0 aliphatic heterocycles. The third kappa shape index (κ3) is 28.2. The van der Waals surface area contributed by atoms with Crippen LogP contribution in [-0.2, 0) is 61.6 Å². The number of hydrogen-bond donors (Lipinski definition) is 1. The predicted octanol–water partition coefficient (Wildman–Crippen LogP) is 1.27. The molecule has 0 aromatic heterocycles. The summed E-state index contributed by atoms with van der Waals surface area (Å²) in [6.07, 6.45) is 0. The summed E-state index contributed by atoms with van der Waals surface area (Å²) < 4.78 is 63.7. The van der Waals surface area contributed by atoms with Crippen LogP contribution in [0.25, 0.3) is 0 Å². The van der Waals surface area contributed by atoms with E-state index in [1.54, 1.807) is 0 Å². The van der Waals surface area contributed by atoms with Gasteiger partial charge in [-0.3, -0.25) is 20.2 Å². The molecule has 20 heteroatoms. The van der Waals surface area contributed by atoms with Crippen LogP contribution in [0.2, 0.25) is 0 Å². The fourth-order valence-corrected chi connectivity index (χ4v) is 3.61. The van der Waals surface area contributed by atoms with E-state index >= 15 is 0 Å². The predicted molar refractivity (Wildman–Crippen MR) is 179 cm³/mol. The lowest BCUT2D eigenvalue weighted by Crippen LogP contribution is -2.16. The molecule has 0 saturated carbocycles. The summed E-state index contributed by atoms with van der Waals surface area (Å²) in [7, 11) is 1.30. The number of ether oxygens (including phenoxy) is 12. The Morgan fingerprint density at radius 1 is 0.529 bits per heavy atom. The topological polar surface area (TPSA) is 226 Å². The van der Waals surface area contributed by atoms with Gasteiger partial charge in [-0.05, 0) is 6.07 Å². The zero-order chi connectivity index (χ0) is 37.0. The van der Waals surface area contributed by atoms with Gasteiger partial charge in [-0.25, -0.2) is 4.79 Å². The van der Waals surface area contributed by atoms with E-state index in [2.05, 4.69) is 10.1 Å². The average molecular weight is 740 g/mol. The maximum Gasteiger partial charge on any atom is 0.331 e. The van der Waals surface area contributed by atoms with Crippen LogP contribution in [0.4, 0.5) is 17.1 Å². The molecular weight excluding hydrogens is 686 g/mol. The van der Waals surface area contributed by atoms with Gasteiger partial charge in [0.15, 0.2) is 0 Å². The highest BCUT2D eigenvalue weighted by atomic mass is 16.6. The molecule has 51 heavy (non-hydrogen) atoms. The monoisotopic (exact) mass is 739 g/mol. The van der Waals surface area contributed by atoms with E-state index < -0.39 is 15.8 Å². The Labute approximate surface area is 297 Å². The zero-order valence-corrected chi connectivity index (χ0v) is 29.3. The van der Waals surface area contributed by atoms with E-state index in [4.69, 9.17) is 52.1 Å². The Morgan fingerprint density at radius 3 is 1.18 bits per heavy atom. The van der Waals surface area contributed by atoms with E-state index in [0.29, 0.717) is 132 Å². The number of nitro benzene ring substituents is 2. The normalized spacial score (nSPS) is 11.2. The molecule has 0 bridgehead atoms. The van der Waals surface area contributed by atoms with Crippen molar-refractivity contribution in [1.29, 1.82) is 0 Å². The van der Waals surface area contributed by atoms with Crippen molar-refractivity contribution in [3.05, 3.63) is 38.4 Å². The first kappa shape index (κ1) is 45.9. The third-order valence-electron chi connectivity index (χ3n) is 6.12. The van der Waals surface area contributed by atoms with E-state index in [0.717, 1.165) is 6.07 Å². The van der Waals surface area contributed by atoms with Crippen molar-refractivity contribution in [2.45, 2.75) is 0 Å². The highest BCUT2D eigenvalue weighted by Crippen LogP contribution is 2.28. The van der Waals surface area contributed by atoms with Crippen molar-refractivity contribution in [1.82, 2.24) is 0 Å². The lowest BCUT2D eigenvalue weighted by atomic mass is 10.2. The van der Waals surface area contributed by atoms with Crippen LogP contribution < -0.4 is 5.32 Å². The molecular formula is C31H53N3O17. The first-order valence-corrected chi connectivity index (χ1v) is 16.5. The van der Waals surface area contributed by atoms with E-state index in [1.165, 1.54) is 19.2 Å². The summed E-state index contributed by atoms with van der Waals surface area (Å²) in [5.74, 6) is -0.420. The van der Waals surface area contributed by atoms with Gasteiger partial charge in [0.25, 0.3) is 11.4 Å². The summed E-state index contributed by atoms with van der Waals surface area (Å²) in [6.45, 7) is 8.96. The number of anilines is 1. The summed E-state index contributed by atoms with van der Waals surface area (Å²) >= 11 is 0. The Balaban J connectivity index is 1.72. The standard InChI is InChI=1S/C31H53N3O17/c1-40-31(35)27-51-25-24-50-23-22-49-21-20-48-19-18-47-17-16-46-15-14-45-13-12-44-11-10-43-9-8-42-7-6-41-5-4-32-29-3-2-28(33(36)37)26-30(29)34(38)39/h2-3,26,32H,4-25,27H2,1H3. The number of rotatable bonds is 38. The molecule has 294 valence electrons. The highest BCUT2D eigenvalue weighted by molar-refractivity contribution is 5.70. The van der Waals surface area contributed by atoms with Gasteiger partial charge in [-0.2, -0.15) is 0 Å². The molecule has 20 nitrogen and oxygen atoms in total. The first-order valence-electron chi connectivity index (χ1n) is 16.5. The van der Waals surface area contributed by atoms with Gasteiger partial charge in [-0.15, -0.1) is 0 Å². The summed E-state index contributed by atoms with van der Waals surface area (Å²) in [4.78, 5) is 31.4. The van der Waals surface area contributed by atoms with Crippen LogP contribution in [0.3, 0.4) is 0 Å². The van der Waals surface area contributed by atoms with Crippen molar-refractivity contribution in [3.8, 4) is 0 Å². The second-order valence-corrected chi connectivity index (χ2v) is 9.89. The molecule has 0 unspecified atom stereocenters. The highest BCUT2D eigenvalue weighted by Gasteiger charge is 2.19. The fourth-order valence-electron chi connectivity index (χ4n) is 3.61. The maximum atomic E-state index is 11.1. The van der Waals surface area contributed by atoms with Gasteiger partial charge in [0, 0.05) is 12.6 Å². The van der Waals surface area contributed by atoms with Gasteiger partial charge in [0.1, 0.15) is 12.3 Å². The molecule has 0 amide bonds. The number of non-ortho nitro benzene ring substituents is 1. The third-order valence-corrected chi connectivity index (χ3v) is 6.12. The molecule has 1 rings (SSSR count). The molecule has 0 fully saturated rings. The van der Waals surface area contributed by atoms with Gasteiger partial charge < -0.3 is 62.2 Å². The van der Waals surface area contributed by atoms with Crippen LogP contribution in [-0.4, -0.2) is 175 Å². The molecule has 0 heterocycles. The van der Waals surface area contributed by atoms with E-state index in [1.807, 2.05) is 0 Å². The number of methoxy groups -OCH3 is 1. The van der Waals surface area contributed by atoms with Crippen LogP contribution in [0, 0.1) is 20.2 Å². The van der Waals surface area contributed by atoms with Crippen molar-refractivity contribution in [2.24, 2.45) is 0 Å². The summed E-state index contributed by atoms with van der Waals surface area (Å²) in [5.41, 5.74) is -0.539. The second-order valence-electron chi connectivity index (χ2n) is 9.89. The van der Waals surface area contributed by atoms with Gasteiger partial charge in [-0.1, -0.05) is 0 Å². The minimum Gasteiger partial charge on any atom is -0.467 e. The number of esters is 1. The average Bonchev–Trinajstić information content (AvgIpc) is 3.12. The number of nitrogens with zero attached hydrogens (tertiary/aromatic N) is 2. The van der Waals surface area contributed by atoms with Crippen molar-refractivity contribution in [2.75, 3.05) is 164 Å². The Hall–Kier alpha value is -3.15. The number of hydrogen-bond acceptors (Lipinski definition) is 18. The van der Waals surface area contributed by atoms with Crippen LogP contribution in [0.15, 0.2) is 18.2 Å². The van der Waals surface area contributed by atoms with Gasteiger partial charge in [0.2, 0.25) is 0 Å². The summed E-state index contributed by atoms with van der Waals surface area (Å²) in [5, 5.41) is 24.8. The zero-order valence-electron chi connectivity index (χ0n) is 29.3. The SMILES string of the molecule is COC(=O)COCCOCCOCCOCCOCCOCCOCCOCCOCCOCCOCCNc1ccc([N+](=O)[O-])cc1[N+](=O)[O-]. The molecule has 0 aliphatic carbocycles. The molecule has 0 aliphatic rings. The van der Waals surface area contributed by atoms with Crippen LogP contribution in [0.1, 0.15) is 0 Å². The Kier molecular flexibility index (Phi) is 30.5. The Morgan fingerprint density at radius 2 is 0.863 bits per heavy atom. The second kappa shape index (κ2) is 34.0. The van der Waals surface area contributed by atoms with Crippen LogP contribution >= 0.6 is 0 Å². The smallest absolute Gasteiger partial charge is 0.331 e. The van der Waals surface area contributed by atoms with E-state index in [-0.39, 0.29) is 36.8 Å². The van der Waals surface area contributed by atoms with E-state index in [9.17, 15) is 25.0 Å². The van der Waals surface area contributed by atoms with Gasteiger partial charge >= 0.3 is 5.97 Å². The molecule has 0 spiro atoms. The number of nitro groups is 2. The summed E-state index contributed by atoms with van der Waals surface area (Å²) in [6, 6.07) is 3.42. The number of carbonyl (C=O) groups excluding carboxylic acids is 1. The number of carbonyl (C=O) groups is 1. The Bertz CT molecular complexity index is 1020. The minimum absolute atomic E-state index is 0.0839. The molecule has 1 aromatic rings. The van der Waals surface area contributed by atoms with Gasteiger partial charge in [0.05, 0.1) is 162 Å². The van der Waals surface area contributed by atoms with Crippen LogP contribution in [0.5, 0.6) is 0 Å². The lowest BCUT2D eigenvalue weighted by molar-refractivity contribution is -0.393. The first-order chi connectivity index (χ1) is 25.0. The van der Waals surface area contributed by atoms with Crippen molar-refractivity contribution < 1.29 is 71.5 Å². The lowest BCUT2D eigenvalue weighted by Gasteiger charge is -2.09. The minimum atomic E-state index is -0.685. The maximum absolute atomic E-state index is 11.1. The van der Waals surface area contributed by atoms with Crippen molar-refractivity contribution in [3.63, 3.8) is 0 Å². The van der Waals surface area contributed by atoms with Crippen molar-refractivity contribution >= 4 is 23.0 Å².